The molecular weight excluding hydrogens is 174 g/mol. The van der Waals surface area contributed by atoms with Crippen LogP contribution in [0.4, 0.5) is 0 Å². The van der Waals surface area contributed by atoms with Crippen LogP contribution in [0, 0.1) is 0 Å². The van der Waals surface area contributed by atoms with Crippen LogP contribution in [-0.2, 0) is 0 Å². The van der Waals surface area contributed by atoms with E-state index in [9.17, 15) is 4.79 Å². The van der Waals surface area contributed by atoms with Crippen molar-refractivity contribution >= 4 is 28.5 Å². The highest BCUT2D eigenvalue weighted by Gasteiger charge is 2.08. The molecule has 0 aliphatic rings. The maximum Gasteiger partial charge on any atom is 0.251 e. The van der Waals surface area contributed by atoms with Crippen LogP contribution in [0.2, 0.25) is 0 Å². The van der Waals surface area contributed by atoms with Crippen molar-refractivity contribution in [1.29, 1.82) is 0 Å². The maximum absolute atomic E-state index is 10.9. The Labute approximate surface area is 72.2 Å². The number of hydrogen-bond donors (Lipinski definition) is 1. The summed E-state index contributed by atoms with van der Waals surface area (Å²) < 4.78 is 4.02. The average molecular weight is 179 g/mol. The molecule has 0 fully saturated rings. The molecule has 2 rings (SSSR count). The average Bonchev–Trinajstić information content (AvgIpc) is 2.49. The van der Waals surface area contributed by atoms with E-state index in [1.807, 2.05) is 0 Å². The van der Waals surface area contributed by atoms with E-state index in [1.165, 1.54) is 11.5 Å². The number of carbonyl (C=O) groups is 1. The Balaban J connectivity index is 2.82. The Kier molecular flexibility index (Phi) is 1.51. The van der Waals surface area contributed by atoms with Crippen molar-refractivity contribution in [2.75, 3.05) is 0 Å². The highest BCUT2D eigenvalue weighted by molar-refractivity contribution is 7.04. The summed E-state index contributed by atoms with van der Waals surface area (Å²) in [6.45, 7) is 0. The van der Waals surface area contributed by atoms with Crippen LogP contribution < -0.4 is 5.73 Å². The molecule has 0 bridgehead atoms. The number of hydrogen-bond acceptors (Lipinski definition) is 4. The fourth-order valence-corrected chi connectivity index (χ4v) is 1.60. The second-order valence-corrected chi connectivity index (χ2v) is 2.90. The lowest BCUT2D eigenvalue weighted by Gasteiger charge is -1.93. The molecule has 0 radical (unpaired) electrons. The zero-order valence-corrected chi connectivity index (χ0v) is 6.84. The van der Waals surface area contributed by atoms with E-state index in [4.69, 9.17) is 5.73 Å². The van der Waals surface area contributed by atoms with E-state index in [0.717, 1.165) is 5.52 Å². The molecular formula is C7H5N3OS. The minimum absolute atomic E-state index is 0.432. The zero-order chi connectivity index (χ0) is 8.55. The number of amides is 1. The number of nitrogens with two attached hydrogens (primary N) is 1. The van der Waals surface area contributed by atoms with Gasteiger partial charge in [-0.25, -0.2) is 0 Å². The molecule has 4 nitrogen and oxygen atoms in total. The van der Waals surface area contributed by atoms with E-state index in [1.54, 1.807) is 17.6 Å². The summed E-state index contributed by atoms with van der Waals surface area (Å²) in [6.07, 6.45) is 1.55. The molecule has 2 heterocycles. The number of nitrogens with zero attached hydrogens (tertiary/aromatic N) is 2. The van der Waals surface area contributed by atoms with Gasteiger partial charge in [-0.15, -0.1) is 0 Å². The molecule has 5 heteroatoms. The third-order valence-electron chi connectivity index (χ3n) is 1.53. The van der Waals surface area contributed by atoms with Crippen LogP contribution in [0.3, 0.4) is 0 Å². The molecule has 60 valence electrons. The van der Waals surface area contributed by atoms with Gasteiger partial charge in [0.2, 0.25) is 0 Å². The van der Waals surface area contributed by atoms with Gasteiger partial charge in [0.1, 0.15) is 11.0 Å². The van der Waals surface area contributed by atoms with Crippen molar-refractivity contribution in [2.24, 2.45) is 5.73 Å². The SMILES string of the molecule is NC(=O)c1ccnc2csnc12. The quantitative estimate of drug-likeness (QED) is 0.703. The van der Waals surface area contributed by atoms with Gasteiger partial charge in [-0.2, -0.15) is 4.37 Å². The molecule has 0 aromatic carbocycles. The van der Waals surface area contributed by atoms with E-state index >= 15 is 0 Å². The van der Waals surface area contributed by atoms with Gasteiger partial charge in [0.05, 0.1) is 5.56 Å². The number of carbonyl (C=O) groups excluding carboxylic acids is 1. The third-order valence-corrected chi connectivity index (χ3v) is 2.14. The first-order chi connectivity index (χ1) is 5.79. The van der Waals surface area contributed by atoms with E-state index in [2.05, 4.69) is 9.36 Å². The monoisotopic (exact) mass is 179 g/mol. The summed E-state index contributed by atoms with van der Waals surface area (Å²) in [5.41, 5.74) is 6.88. The number of pyridine rings is 1. The van der Waals surface area contributed by atoms with Gasteiger partial charge < -0.3 is 5.73 Å². The van der Waals surface area contributed by atoms with Crippen LogP contribution in [0.1, 0.15) is 10.4 Å². The third kappa shape index (κ3) is 0.947. The highest BCUT2D eigenvalue weighted by Crippen LogP contribution is 2.15. The molecule has 0 saturated heterocycles. The van der Waals surface area contributed by atoms with Gasteiger partial charge in [0.15, 0.2) is 0 Å². The maximum atomic E-state index is 10.9. The Morgan fingerprint density at radius 1 is 1.58 bits per heavy atom. The first-order valence-corrected chi connectivity index (χ1v) is 4.11. The lowest BCUT2D eigenvalue weighted by molar-refractivity contribution is 0.100. The standard InChI is InChI=1S/C7H5N3OS/c8-7(11)4-1-2-9-5-3-12-10-6(4)5/h1-3H,(H2,8,11). The summed E-state index contributed by atoms with van der Waals surface area (Å²) in [5.74, 6) is -0.465. The second-order valence-electron chi connectivity index (χ2n) is 2.27. The molecule has 0 spiro atoms. The molecule has 0 atom stereocenters. The topological polar surface area (TPSA) is 68.9 Å². The fraction of sp³-hybridized carbons (Fsp3) is 0. The molecule has 2 N–H and O–H groups in total. The van der Waals surface area contributed by atoms with Gasteiger partial charge in [0.25, 0.3) is 5.91 Å². The van der Waals surface area contributed by atoms with Crippen molar-refractivity contribution < 1.29 is 4.79 Å². The Morgan fingerprint density at radius 2 is 2.42 bits per heavy atom. The number of aromatic nitrogens is 2. The molecule has 12 heavy (non-hydrogen) atoms. The Hall–Kier alpha value is -1.49. The molecule has 2 aromatic rings. The Morgan fingerprint density at radius 3 is 3.17 bits per heavy atom. The molecule has 0 aliphatic heterocycles. The number of fused-ring (bicyclic) bond motifs is 1. The minimum atomic E-state index is -0.465. The van der Waals surface area contributed by atoms with E-state index in [0.29, 0.717) is 11.1 Å². The lowest BCUT2D eigenvalue weighted by Crippen LogP contribution is -2.11. The van der Waals surface area contributed by atoms with Crippen LogP contribution in [0.25, 0.3) is 11.0 Å². The van der Waals surface area contributed by atoms with Crippen LogP contribution in [0.15, 0.2) is 17.6 Å². The van der Waals surface area contributed by atoms with Crippen molar-refractivity contribution in [1.82, 2.24) is 9.36 Å². The summed E-state index contributed by atoms with van der Waals surface area (Å²) in [7, 11) is 0. The second kappa shape index (κ2) is 2.53. The normalized spacial score (nSPS) is 10.3. The van der Waals surface area contributed by atoms with Crippen LogP contribution in [0.5, 0.6) is 0 Å². The molecule has 0 saturated carbocycles. The van der Waals surface area contributed by atoms with E-state index < -0.39 is 5.91 Å². The fourth-order valence-electron chi connectivity index (χ4n) is 0.980. The minimum Gasteiger partial charge on any atom is -0.366 e. The van der Waals surface area contributed by atoms with Crippen LogP contribution >= 0.6 is 11.5 Å². The van der Waals surface area contributed by atoms with Gasteiger partial charge >= 0.3 is 0 Å². The summed E-state index contributed by atoms with van der Waals surface area (Å²) in [6, 6.07) is 1.57. The summed E-state index contributed by atoms with van der Waals surface area (Å²) >= 11 is 1.26. The van der Waals surface area contributed by atoms with Crippen molar-refractivity contribution in [2.45, 2.75) is 0 Å². The first-order valence-electron chi connectivity index (χ1n) is 3.28. The van der Waals surface area contributed by atoms with Crippen molar-refractivity contribution in [3.8, 4) is 0 Å². The van der Waals surface area contributed by atoms with E-state index in [-0.39, 0.29) is 0 Å². The van der Waals surface area contributed by atoms with Crippen LogP contribution in [-0.4, -0.2) is 15.3 Å². The predicted octanol–water partition coefficient (Wildman–Crippen LogP) is 0.790. The molecule has 2 aromatic heterocycles. The molecule has 0 aliphatic carbocycles. The first kappa shape index (κ1) is 7.17. The molecule has 0 unspecified atom stereocenters. The summed E-state index contributed by atoms with van der Waals surface area (Å²) in [4.78, 5) is 14.9. The van der Waals surface area contributed by atoms with Crippen molar-refractivity contribution in [3.63, 3.8) is 0 Å². The smallest absolute Gasteiger partial charge is 0.251 e. The van der Waals surface area contributed by atoms with Crippen molar-refractivity contribution in [3.05, 3.63) is 23.2 Å². The summed E-state index contributed by atoms with van der Waals surface area (Å²) in [5, 5.41) is 1.78. The lowest BCUT2D eigenvalue weighted by atomic mass is 10.2. The Bertz CT molecular complexity index is 437. The van der Waals surface area contributed by atoms with Gasteiger partial charge in [0, 0.05) is 11.6 Å². The largest absolute Gasteiger partial charge is 0.366 e. The highest BCUT2D eigenvalue weighted by atomic mass is 32.1. The predicted molar refractivity (Wildman–Crippen MR) is 45.9 cm³/mol. The van der Waals surface area contributed by atoms with Gasteiger partial charge in [-0.05, 0) is 17.6 Å². The van der Waals surface area contributed by atoms with Gasteiger partial charge in [-0.1, -0.05) is 0 Å². The number of rotatable bonds is 1. The van der Waals surface area contributed by atoms with Gasteiger partial charge in [-0.3, -0.25) is 9.78 Å². The zero-order valence-electron chi connectivity index (χ0n) is 6.02. The molecule has 1 amide bonds. The number of primary amides is 1.